The van der Waals surface area contributed by atoms with E-state index in [1.54, 1.807) is 6.07 Å². The minimum Gasteiger partial charge on any atom is -0.465 e. The number of aryl methyl sites for hydroxylation is 1. The molecule has 4 nitrogen and oxygen atoms in total. The van der Waals surface area contributed by atoms with Gasteiger partial charge in [0.1, 0.15) is 0 Å². The van der Waals surface area contributed by atoms with Crippen molar-refractivity contribution in [3.05, 3.63) is 53.1 Å². The van der Waals surface area contributed by atoms with Gasteiger partial charge in [0.2, 0.25) is 5.91 Å². The molecule has 0 N–H and O–H groups in total. The average molecular weight is 323 g/mol. The van der Waals surface area contributed by atoms with Gasteiger partial charge in [0.05, 0.1) is 12.7 Å². The first-order valence-corrected chi connectivity index (χ1v) is 8.17. The molecule has 0 fully saturated rings. The molecule has 0 atom stereocenters. The van der Waals surface area contributed by atoms with Gasteiger partial charge < -0.3 is 9.64 Å². The SMILES string of the molecule is CCC(=O)N1CCc2cc(-c3ccc(C(=O)OC)cc3C)ccc21. The van der Waals surface area contributed by atoms with E-state index >= 15 is 0 Å². The average Bonchev–Trinajstić information content (AvgIpc) is 3.03. The molecule has 1 aliphatic rings. The molecule has 0 bridgehead atoms. The number of hydrogen-bond donors (Lipinski definition) is 0. The first kappa shape index (κ1) is 16.2. The Kier molecular flexibility index (Phi) is 4.38. The highest BCUT2D eigenvalue weighted by molar-refractivity contribution is 5.96. The van der Waals surface area contributed by atoms with Gasteiger partial charge in [-0.1, -0.05) is 19.1 Å². The number of carbonyl (C=O) groups excluding carboxylic acids is 2. The van der Waals surface area contributed by atoms with E-state index in [4.69, 9.17) is 4.74 Å². The number of carbonyl (C=O) groups is 2. The molecule has 3 rings (SSSR count). The number of rotatable bonds is 3. The van der Waals surface area contributed by atoms with Crippen molar-refractivity contribution in [2.24, 2.45) is 0 Å². The summed E-state index contributed by atoms with van der Waals surface area (Å²) in [6.07, 6.45) is 1.41. The van der Waals surface area contributed by atoms with E-state index in [-0.39, 0.29) is 11.9 Å². The maximum atomic E-state index is 12.0. The normalized spacial score (nSPS) is 12.9. The molecule has 0 spiro atoms. The second kappa shape index (κ2) is 6.48. The summed E-state index contributed by atoms with van der Waals surface area (Å²) in [5.41, 5.74) is 6.00. The highest BCUT2D eigenvalue weighted by Gasteiger charge is 2.23. The van der Waals surface area contributed by atoms with Crippen LogP contribution in [0.3, 0.4) is 0 Å². The van der Waals surface area contributed by atoms with Gasteiger partial charge >= 0.3 is 5.97 Å². The molecular weight excluding hydrogens is 302 g/mol. The molecule has 1 heterocycles. The van der Waals surface area contributed by atoms with Crippen LogP contribution < -0.4 is 4.90 Å². The topological polar surface area (TPSA) is 46.6 Å². The van der Waals surface area contributed by atoms with Gasteiger partial charge in [-0.05, 0) is 59.9 Å². The Morgan fingerprint density at radius 3 is 2.62 bits per heavy atom. The minimum atomic E-state index is -0.327. The van der Waals surface area contributed by atoms with Crippen LogP contribution >= 0.6 is 0 Å². The minimum absolute atomic E-state index is 0.167. The van der Waals surface area contributed by atoms with Gasteiger partial charge in [-0.15, -0.1) is 0 Å². The molecule has 2 aromatic rings. The van der Waals surface area contributed by atoms with Crippen LogP contribution in [0, 0.1) is 6.92 Å². The zero-order valence-electron chi connectivity index (χ0n) is 14.3. The monoisotopic (exact) mass is 323 g/mol. The van der Waals surface area contributed by atoms with E-state index in [0.29, 0.717) is 12.0 Å². The van der Waals surface area contributed by atoms with Gasteiger partial charge in [-0.2, -0.15) is 0 Å². The standard InChI is InChI=1S/C20H21NO3/c1-4-19(22)21-10-9-15-12-14(6-8-18(15)21)17-7-5-16(11-13(17)2)20(23)24-3/h5-8,11-12H,4,9-10H2,1-3H3. The third-order valence-corrected chi connectivity index (χ3v) is 4.54. The smallest absolute Gasteiger partial charge is 0.337 e. The summed E-state index contributed by atoms with van der Waals surface area (Å²) in [5.74, 6) is -0.160. The van der Waals surface area contributed by atoms with Crippen molar-refractivity contribution >= 4 is 17.6 Å². The number of esters is 1. The Morgan fingerprint density at radius 1 is 1.17 bits per heavy atom. The van der Waals surface area contributed by atoms with Crippen molar-refractivity contribution < 1.29 is 14.3 Å². The maximum absolute atomic E-state index is 12.0. The van der Waals surface area contributed by atoms with E-state index in [0.717, 1.165) is 35.3 Å². The molecule has 0 unspecified atom stereocenters. The fourth-order valence-electron chi connectivity index (χ4n) is 3.25. The van der Waals surface area contributed by atoms with Crippen molar-refractivity contribution in [2.45, 2.75) is 26.7 Å². The number of methoxy groups -OCH3 is 1. The van der Waals surface area contributed by atoms with Crippen LogP contribution in [0.5, 0.6) is 0 Å². The lowest BCUT2D eigenvalue weighted by atomic mass is 9.96. The van der Waals surface area contributed by atoms with Crippen molar-refractivity contribution in [1.29, 1.82) is 0 Å². The Hall–Kier alpha value is -2.62. The van der Waals surface area contributed by atoms with Crippen LogP contribution in [0.4, 0.5) is 5.69 Å². The van der Waals surface area contributed by atoms with E-state index in [2.05, 4.69) is 6.07 Å². The fraction of sp³-hybridized carbons (Fsp3) is 0.300. The molecule has 0 saturated carbocycles. The zero-order chi connectivity index (χ0) is 17.3. The van der Waals surface area contributed by atoms with Crippen LogP contribution in [0.25, 0.3) is 11.1 Å². The van der Waals surface area contributed by atoms with E-state index < -0.39 is 0 Å². The van der Waals surface area contributed by atoms with Crippen LogP contribution in [0.15, 0.2) is 36.4 Å². The van der Waals surface area contributed by atoms with Crippen molar-refractivity contribution in [2.75, 3.05) is 18.6 Å². The molecule has 0 saturated heterocycles. The maximum Gasteiger partial charge on any atom is 0.337 e. The Balaban J connectivity index is 1.95. The second-order valence-corrected chi connectivity index (χ2v) is 6.01. The largest absolute Gasteiger partial charge is 0.465 e. The summed E-state index contributed by atoms with van der Waals surface area (Å²) in [5, 5.41) is 0. The Morgan fingerprint density at radius 2 is 1.96 bits per heavy atom. The molecule has 0 radical (unpaired) electrons. The van der Waals surface area contributed by atoms with E-state index in [9.17, 15) is 9.59 Å². The predicted octanol–water partition coefficient (Wildman–Crippen LogP) is 3.75. The number of hydrogen-bond acceptors (Lipinski definition) is 3. The first-order chi connectivity index (χ1) is 11.5. The van der Waals surface area contributed by atoms with Crippen molar-refractivity contribution in [3.8, 4) is 11.1 Å². The Labute approximate surface area is 142 Å². The van der Waals surface area contributed by atoms with E-state index in [1.165, 1.54) is 12.7 Å². The molecule has 2 aromatic carbocycles. The summed E-state index contributed by atoms with van der Waals surface area (Å²) in [6, 6.07) is 11.8. The fourth-order valence-corrected chi connectivity index (χ4v) is 3.25. The number of fused-ring (bicyclic) bond motifs is 1. The number of amides is 1. The number of anilines is 1. The van der Waals surface area contributed by atoms with Crippen molar-refractivity contribution in [3.63, 3.8) is 0 Å². The molecule has 1 aliphatic heterocycles. The van der Waals surface area contributed by atoms with Gasteiger partial charge in [-0.3, -0.25) is 4.79 Å². The molecule has 124 valence electrons. The lowest BCUT2D eigenvalue weighted by Crippen LogP contribution is -2.27. The summed E-state index contributed by atoms with van der Waals surface area (Å²) >= 11 is 0. The summed E-state index contributed by atoms with van der Waals surface area (Å²) < 4.78 is 4.77. The second-order valence-electron chi connectivity index (χ2n) is 6.01. The van der Waals surface area contributed by atoms with Crippen LogP contribution in [0.1, 0.15) is 34.8 Å². The number of benzene rings is 2. The van der Waals surface area contributed by atoms with Gasteiger partial charge in [0.15, 0.2) is 0 Å². The highest BCUT2D eigenvalue weighted by atomic mass is 16.5. The van der Waals surface area contributed by atoms with Gasteiger partial charge in [0, 0.05) is 18.7 Å². The molecule has 4 heteroatoms. The first-order valence-electron chi connectivity index (χ1n) is 8.17. The zero-order valence-corrected chi connectivity index (χ0v) is 14.3. The van der Waals surface area contributed by atoms with Crippen LogP contribution in [-0.2, 0) is 16.0 Å². The van der Waals surface area contributed by atoms with Gasteiger partial charge in [-0.25, -0.2) is 4.79 Å². The lowest BCUT2D eigenvalue weighted by molar-refractivity contribution is -0.118. The third kappa shape index (κ3) is 2.80. The van der Waals surface area contributed by atoms with Crippen LogP contribution in [-0.4, -0.2) is 25.5 Å². The summed E-state index contributed by atoms with van der Waals surface area (Å²) in [7, 11) is 1.38. The molecule has 0 aromatic heterocycles. The molecule has 24 heavy (non-hydrogen) atoms. The lowest BCUT2D eigenvalue weighted by Gasteiger charge is -2.17. The van der Waals surface area contributed by atoms with E-state index in [1.807, 2.05) is 43.0 Å². The summed E-state index contributed by atoms with van der Waals surface area (Å²) in [4.78, 5) is 25.5. The van der Waals surface area contributed by atoms with Crippen LogP contribution in [0.2, 0.25) is 0 Å². The molecular formula is C20H21NO3. The Bertz CT molecular complexity index is 811. The highest BCUT2D eigenvalue weighted by Crippen LogP contribution is 2.34. The predicted molar refractivity (Wildman–Crippen MR) is 94.3 cm³/mol. The quantitative estimate of drug-likeness (QED) is 0.808. The number of nitrogens with zero attached hydrogens (tertiary/aromatic N) is 1. The molecule has 0 aliphatic carbocycles. The van der Waals surface area contributed by atoms with Gasteiger partial charge in [0.25, 0.3) is 0 Å². The number of ether oxygens (including phenoxy) is 1. The van der Waals surface area contributed by atoms with Crippen molar-refractivity contribution in [1.82, 2.24) is 0 Å². The third-order valence-electron chi connectivity index (χ3n) is 4.54. The molecule has 1 amide bonds. The summed E-state index contributed by atoms with van der Waals surface area (Å²) in [6.45, 7) is 4.63.